The third-order valence-electron chi connectivity index (χ3n) is 4.41. The van der Waals surface area contributed by atoms with Crippen molar-refractivity contribution in [2.75, 3.05) is 25.5 Å². The summed E-state index contributed by atoms with van der Waals surface area (Å²) in [4.78, 5) is 26.7. The van der Waals surface area contributed by atoms with Crippen molar-refractivity contribution in [2.24, 2.45) is 0 Å². The molecule has 3 rings (SSSR count). The summed E-state index contributed by atoms with van der Waals surface area (Å²) < 4.78 is 10.4. The molecule has 1 saturated heterocycles. The number of anilines is 1. The molecule has 2 atom stereocenters. The molecule has 8 nitrogen and oxygen atoms in total. The standard InChI is InChI=1S/C19H22N2O6/c1-26-11-12-6-7-17(27-12)18(24)20-14-5-3-2-4-13(14)19(25)21-9-8-15(22)16(23)10-21/h2-7,15-16,22-23H,8-11H2,1H3,(H,20,24)/t15-,16-/m1/s1. The number of β-amino-alcohol motifs (C(OH)–C–C–N with tert-alkyl or cyclic N) is 1. The number of rotatable bonds is 5. The van der Waals surface area contributed by atoms with Crippen molar-refractivity contribution in [1.29, 1.82) is 0 Å². The number of likely N-dealkylation sites (tertiary alicyclic amines) is 1. The largest absolute Gasteiger partial charge is 0.453 e. The Morgan fingerprint density at radius 1 is 1.22 bits per heavy atom. The summed E-state index contributed by atoms with van der Waals surface area (Å²) in [6.45, 7) is 0.629. The van der Waals surface area contributed by atoms with Crippen LogP contribution in [0.3, 0.4) is 0 Å². The van der Waals surface area contributed by atoms with E-state index in [2.05, 4.69) is 5.32 Å². The molecule has 0 radical (unpaired) electrons. The predicted octanol–water partition coefficient (Wildman–Crippen LogP) is 1.25. The van der Waals surface area contributed by atoms with Crippen molar-refractivity contribution in [1.82, 2.24) is 4.90 Å². The number of carbonyl (C=O) groups excluding carboxylic acids is 2. The van der Waals surface area contributed by atoms with Crippen molar-refractivity contribution in [3.05, 3.63) is 53.5 Å². The number of ether oxygens (including phenoxy) is 1. The van der Waals surface area contributed by atoms with Crippen LogP contribution < -0.4 is 5.32 Å². The Labute approximate surface area is 156 Å². The lowest BCUT2D eigenvalue weighted by molar-refractivity contribution is -0.0321. The average molecular weight is 374 g/mol. The number of aliphatic hydroxyl groups excluding tert-OH is 2. The van der Waals surface area contributed by atoms with Gasteiger partial charge in [0.05, 0.1) is 23.5 Å². The van der Waals surface area contributed by atoms with E-state index in [0.717, 1.165) is 0 Å². The number of benzene rings is 1. The van der Waals surface area contributed by atoms with Gasteiger partial charge in [0, 0.05) is 20.2 Å². The van der Waals surface area contributed by atoms with Gasteiger partial charge in [-0.25, -0.2) is 0 Å². The molecule has 144 valence electrons. The lowest BCUT2D eigenvalue weighted by atomic mass is 10.0. The summed E-state index contributed by atoms with van der Waals surface area (Å²) in [7, 11) is 1.53. The van der Waals surface area contributed by atoms with E-state index in [9.17, 15) is 19.8 Å². The number of nitrogens with zero attached hydrogens (tertiary/aromatic N) is 1. The van der Waals surface area contributed by atoms with Crippen molar-refractivity contribution in [3.8, 4) is 0 Å². The molecule has 27 heavy (non-hydrogen) atoms. The highest BCUT2D eigenvalue weighted by atomic mass is 16.5. The van der Waals surface area contributed by atoms with Gasteiger partial charge in [-0.05, 0) is 30.7 Å². The fraction of sp³-hybridized carbons (Fsp3) is 0.368. The number of piperidine rings is 1. The molecular weight excluding hydrogens is 352 g/mol. The van der Waals surface area contributed by atoms with E-state index >= 15 is 0 Å². The Morgan fingerprint density at radius 3 is 2.74 bits per heavy atom. The molecule has 3 N–H and O–H groups in total. The van der Waals surface area contributed by atoms with Crippen LogP contribution in [-0.2, 0) is 11.3 Å². The Kier molecular flexibility index (Phi) is 5.90. The zero-order chi connectivity index (χ0) is 19.4. The van der Waals surface area contributed by atoms with Gasteiger partial charge in [0.2, 0.25) is 0 Å². The summed E-state index contributed by atoms with van der Waals surface area (Å²) in [5, 5.41) is 22.1. The van der Waals surface area contributed by atoms with Crippen molar-refractivity contribution in [2.45, 2.75) is 25.2 Å². The molecule has 1 fully saturated rings. The SMILES string of the molecule is COCc1ccc(C(=O)Nc2ccccc2C(=O)N2CC[C@@H](O)[C@H](O)C2)o1. The second kappa shape index (κ2) is 8.34. The molecule has 1 aromatic heterocycles. The summed E-state index contributed by atoms with van der Waals surface area (Å²) in [5.74, 6) is -0.170. The third kappa shape index (κ3) is 4.36. The van der Waals surface area contributed by atoms with Crippen LogP contribution >= 0.6 is 0 Å². The van der Waals surface area contributed by atoms with E-state index in [1.54, 1.807) is 30.3 Å². The van der Waals surface area contributed by atoms with Gasteiger partial charge in [-0.1, -0.05) is 12.1 Å². The number of nitrogens with one attached hydrogen (secondary N) is 1. The first kappa shape index (κ1) is 19.1. The minimum absolute atomic E-state index is 0.0425. The normalized spacial score (nSPS) is 19.7. The van der Waals surface area contributed by atoms with Crippen LogP contribution in [-0.4, -0.2) is 59.3 Å². The topological polar surface area (TPSA) is 112 Å². The number of para-hydroxylation sites is 1. The molecule has 1 aliphatic rings. The van der Waals surface area contributed by atoms with E-state index in [-0.39, 0.29) is 24.8 Å². The number of amides is 2. The van der Waals surface area contributed by atoms with Crippen LogP contribution in [0.1, 0.15) is 33.1 Å². The highest BCUT2D eigenvalue weighted by molar-refractivity contribution is 6.07. The van der Waals surface area contributed by atoms with E-state index in [1.807, 2.05) is 0 Å². The highest BCUT2D eigenvalue weighted by Crippen LogP contribution is 2.21. The smallest absolute Gasteiger partial charge is 0.291 e. The number of carbonyl (C=O) groups is 2. The van der Waals surface area contributed by atoms with Gasteiger partial charge < -0.3 is 29.6 Å². The van der Waals surface area contributed by atoms with Crippen molar-refractivity contribution in [3.63, 3.8) is 0 Å². The maximum atomic E-state index is 12.8. The second-order valence-corrected chi connectivity index (χ2v) is 6.37. The fourth-order valence-electron chi connectivity index (χ4n) is 2.96. The lowest BCUT2D eigenvalue weighted by Crippen LogP contribution is -2.49. The number of furan rings is 1. The number of hydrogen-bond donors (Lipinski definition) is 3. The number of hydrogen-bond acceptors (Lipinski definition) is 6. The molecule has 2 amide bonds. The quantitative estimate of drug-likeness (QED) is 0.726. The molecule has 0 unspecified atom stereocenters. The number of aliphatic hydroxyl groups is 2. The molecule has 0 bridgehead atoms. The summed E-state index contributed by atoms with van der Waals surface area (Å²) in [6, 6.07) is 9.82. The molecule has 0 spiro atoms. The molecule has 1 aliphatic heterocycles. The highest BCUT2D eigenvalue weighted by Gasteiger charge is 2.30. The Morgan fingerprint density at radius 2 is 2.00 bits per heavy atom. The predicted molar refractivity (Wildman–Crippen MR) is 96.4 cm³/mol. The van der Waals surface area contributed by atoms with Gasteiger partial charge in [-0.2, -0.15) is 0 Å². The first-order valence-corrected chi connectivity index (χ1v) is 8.63. The zero-order valence-corrected chi connectivity index (χ0v) is 14.9. The summed E-state index contributed by atoms with van der Waals surface area (Å²) in [5.41, 5.74) is 0.649. The Balaban J connectivity index is 1.75. The second-order valence-electron chi connectivity index (χ2n) is 6.37. The van der Waals surface area contributed by atoms with Crippen LogP contribution in [0, 0.1) is 0 Å². The molecule has 0 saturated carbocycles. The average Bonchev–Trinajstić information content (AvgIpc) is 3.13. The monoisotopic (exact) mass is 374 g/mol. The summed E-state index contributed by atoms with van der Waals surface area (Å²) >= 11 is 0. The van der Waals surface area contributed by atoms with E-state index in [4.69, 9.17) is 9.15 Å². The summed E-state index contributed by atoms with van der Waals surface area (Å²) in [6.07, 6.45) is -1.51. The Bertz CT molecular complexity index is 818. The fourth-order valence-corrected chi connectivity index (χ4v) is 2.96. The van der Waals surface area contributed by atoms with Gasteiger partial charge in [0.15, 0.2) is 5.76 Å². The first-order valence-electron chi connectivity index (χ1n) is 8.63. The van der Waals surface area contributed by atoms with Crippen LogP contribution in [0.25, 0.3) is 0 Å². The lowest BCUT2D eigenvalue weighted by Gasteiger charge is -2.33. The van der Waals surface area contributed by atoms with E-state index in [1.165, 1.54) is 18.1 Å². The molecular formula is C19H22N2O6. The molecule has 1 aromatic carbocycles. The Hall–Kier alpha value is -2.68. The van der Waals surface area contributed by atoms with Gasteiger partial charge >= 0.3 is 0 Å². The number of methoxy groups -OCH3 is 1. The first-order chi connectivity index (χ1) is 13.0. The van der Waals surface area contributed by atoms with Gasteiger partial charge in [0.1, 0.15) is 12.4 Å². The van der Waals surface area contributed by atoms with Crippen LogP contribution in [0.4, 0.5) is 5.69 Å². The van der Waals surface area contributed by atoms with Crippen molar-refractivity contribution >= 4 is 17.5 Å². The van der Waals surface area contributed by atoms with Gasteiger partial charge in [-0.3, -0.25) is 9.59 Å². The van der Waals surface area contributed by atoms with Crippen molar-refractivity contribution < 1.29 is 29.0 Å². The molecule has 0 aliphatic carbocycles. The van der Waals surface area contributed by atoms with Gasteiger partial charge in [-0.15, -0.1) is 0 Å². The minimum atomic E-state index is -0.980. The zero-order valence-electron chi connectivity index (χ0n) is 14.9. The van der Waals surface area contributed by atoms with E-state index < -0.39 is 18.1 Å². The van der Waals surface area contributed by atoms with Crippen LogP contribution in [0.15, 0.2) is 40.8 Å². The maximum Gasteiger partial charge on any atom is 0.291 e. The minimum Gasteiger partial charge on any atom is -0.453 e. The van der Waals surface area contributed by atoms with Gasteiger partial charge in [0.25, 0.3) is 11.8 Å². The maximum absolute atomic E-state index is 12.8. The molecule has 2 heterocycles. The molecule has 2 aromatic rings. The molecule has 8 heteroatoms. The van der Waals surface area contributed by atoms with E-state index in [0.29, 0.717) is 30.0 Å². The van der Waals surface area contributed by atoms with Crippen LogP contribution in [0.5, 0.6) is 0 Å². The third-order valence-corrected chi connectivity index (χ3v) is 4.41. The van der Waals surface area contributed by atoms with Crippen LogP contribution in [0.2, 0.25) is 0 Å².